The molecule has 9 aromatic rings. The van der Waals surface area contributed by atoms with Gasteiger partial charge in [0.05, 0.1) is 0 Å². The molecule has 0 fully saturated rings. The molecule has 4 aromatic heterocycles. The summed E-state index contributed by atoms with van der Waals surface area (Å²) in [5, 5.41) is 2.45. The van der Waals surface area contributed by atoms with E-state index in [4.69, 9.17) is 0 Å². The number of benzene rings is 5. The standard InChI is InChI=1S/C32H26N2.C17H11N2.Ir/c1-2-9-29(10-3-1)32-21-18-28(24-34-32)15-14-27-8-6-7-26(23-27)13-12-25-16-19-30(20-17-25)31-11-4-5-22-33-31;1-3-9-15-13(7-1)14-8-2-4-10-16(14)19(15)17-11-5-6-12-18-17;/h1-9,11,16-19,21-24H,12-15H2;1-9,11-12H;/q-2;-1;+3. The van der Waals surface area contributed by atoms with Crippen molar-refractivity contribution in [2.75, 3.05) is 0 Å². The molecule has 0 amide bonds. The maximum absolute atomic E-state index is 4.63. The fraction of sp³-hybridized carbons (Fsp3) is 0.0816. The molecule has 0 unspecified atom stereocenters. The largest absolute Gasteiger partial charge is 3.00 e. The third-order valence-electron chi connectivity index (χ3n) is 9.40. The zero-order chi connectivity index (χ0) is 35.7. The van der Waals surface area contributed by atoms with E-state index < -0.39 is 0 Å². The minimum absolute atomic E-state index is 0. The topological polar surface area (TPSA) is 43.6 Å². The van der Waals surface area contributed by atoms with Crippen LogP contribution in [0.2, 0.25) is 0 Å². The van der Waals surface area contributed by atoms with Crippen molar-refractivity contribution in [2.24, 2.45) is 0 Å². The van der Waals surface area contributed by atoms with E-state index in [2.05, 4.69) is 123 Å². The predicted molar refractivity (Wildman–Crippen MR) is 216 cm³/mol. The van der Waals surface area contributed by atoms with Crippen LogP contribution in [0.25, 0.3) is 50.1 Å². The number of rotatable bonds is 9. The molecular weight excluding hydrogens is 837 g/mol. The molecule has 0 aliphatic rings. The fourth-order valence-electron chi connectivity index (χ4n) is 6.67. The number of nitrogens with zero attached hydrogens (tertiary/aromatic N) is 4. The number of hydrogen-bond acceptors (Lipinski definition) is 3. The normalized spacial score (nSPS) is 10.7. The molecule has 4 nitrogen and oxygen atoms in total. The minimum Gasteiger partial charge on any atom is -0.319 e. The minimum atomic E-state index is 0. The van der Waals surface area contributed by atoms with Crippen LogP contribution in [0.1, 0.15) is 22.3 Å². The summed E-state index contributed by atoms with van der Waals surface area (Å²) < 4.78 is 2.16. The van der Waals surface area contributed by atoms with Crippen molar-refractivity contribution in [3.8, 4) is 28.3 Å². The second-order valence-electron chi connectivity index (χ2n) is 12.9. The van der Waals surface area contributed by atoms with Gasteiger partial charge in [-0.25, -0.2) is 4.98 Å². The number of hydrogen-bond donors (Lipinski definition) is 0. The summed E-state index contributed by atoms with van der Waals surface area (Å²) in [4.78, 5) is 13.5. The van der Waals surface area contributed by atoms with E-state index in [-0.39, 0.29) is 20.1 Å². The molecule has 5 aromatic carbocycles. The van der Waals surface area contributed by atoms with E-state index in [1.165, 1.54) is 38.5 Å². The Morgan fingerprint density at radius 1 is 0.463 bits per heavy atom. The van der Waals surface area contributed by atoms with Crippen LogP contribution in [0.3, 0.4) is 0 Å². The second kappa shape index (κ2) is 17.7. The van der Waals surface area contributed by atoms with Crippen LogP contribution in [0.4, 0.5) is 0 Å². The van der Waals surface area contributed by atoms with E-state index in [0.717, 1.165) is 59.5 Å². The average Bonchev–Trinajstić information content (AvgIpc) is 3.58. The number of aromatic nitrogens is 4. The van der Waals surface area contributed by atoms with Gasteiger partial charge < -0.3 is 14.5 Å². The van der Waals surface area contributed by atoms with Gasteiger partial charge in [-0.2, -0.15) is 24.3 Å². The Hall–Kier alpha value is -6.00. The van der Waals surface area contributed by atoms with Crippen molar-refractivity contribution in [3.05, 3.63) is 217 Å². The van der Waals surface area contributed by atoms with Crippen LogP contribution in [-0.2, 0) is 45.8 Å². The summed E-state index contributed by atoms with van der Waals surface area (Å²) in [6.45, 7) is 0. The summed E-state index contributed by atoms with van der Waals surface area (Å²) in [6.07, 6.45) is 9.65. The van der Waals surface area contributed by atoms with Crippen LogP contribution < -0.4 is 0 Å². The molecule has 5 heteroatoms. The van der Waals surface area contributed by atoms with E-state index >= 15 is 0 Å². The van der Waals surface area contributed by atoms with Crippen molar-refractivity contribution >= 4 is 21.8 Å². The third-order valence-corrected chi connectivity index (χ3v) is 9.40. The first kappa shape index (κ1) is 36.4. The first-order chi connectivity index (χ1) is 26.3. The summed E-state index contributed by atoms with van der Waals surface area (Å²) in [5.41, 5.74) is 11.5. The fourth-order valence-corrected chi connectivity index (χ4v) is 6.67. The molecule has 4 heterocycles. The molecule has 0 atom stereocenters. The molecule has 0 bridgehead atoms. The van der Waals surface area contributed by atoms with Crippen molar-refractivity contribution < 1.29 is 20.1 Å². The first-order valence-electron chi connectivity index (χ1n) is 18.0. The van der Waals surface area contributed by atoms with Gasteiger partial charge in [-0.3, -0.25) is 0 Å². The Balaban J connectivity index is 0.000000190. The Labute approximate surface area is 330 Å². The van der Waals surface area contributed by atoms with Gasteiger partial charge in [0.25, 0.3) is 0 Å². The maximum Gasteiger partial charge on any atom is 3.00 e. The zero-order valence-electron chi connectivity index (χ0n) is 29.7. The number of aryl methyl sites for hydroxylation is 4. The molecule has 262 valence electrons. The van der Waals surface area contributed by atoms with E-state index in [1.54, 1.807) is 0 Å². The van der Waals surface area contributed by atoms with Crippen LogP contribution in [-0.4, -0.2) is 19.5 Å². The Bertz CT molecular complexity index is 2380. The van der Waals surface area contributed by atoms with Crippen molar-refractivity contribution in [1.82, 2.24) is 19.5 Å². The van der Waals surface area contributed by atoms with Gasteiger partial charge >= 0.3 is 20.1 Å². The summed E-state index contributed by atoms with van der Waals surface area (Å²) in [6, 6.07) is 63.9. The molecule has 0 aliphatic heterocycles. The molecular formula is C49H37IrN4. The Morgan fingerprint density at radius 2 is 1.15 bits per heavy atom. The van der Waals surface area contributed by atoms with Crippen molar-refractivity contribution in [3.63, 3.8) is 0 Å². The van der Waals surface area contributed by atoms with Gasteiger partial charge in [-0.1, -0.05) is 84.7 Å². The average molecular weight is 874 g/mol. The van der Waals surface area contributed by atoms with Gasteiger partial charge in [0.15, 0.2) is 0 Å². The second-order valence-corrected chi connectivity index (χ2v) is 12.9. The van der Waals surface area contributed by atoms with Gasteiger partial charge in [0, 0.05) is 24.1 Å². The van der Waals surface area contributed by atoms with Crippen molar-refractivity contribution in [2.45, 2.75) is 25.7 Å². The van der Waals surface area contributed by atoms with E-state index in [9.17, 15) is 0 Å². The Morgan fingerprint density at radius 3 is 1.87 bits per heavy atom. The van der Waals surface area contributed by atoms with E-state index in [1.807, 2.05) is 91.4 Å². The quantitative estimate of drug-likeness (QED) is 0.136. The molecule has 0 aliphatic carbocycles. The number of pyridine rings is 3. The molecule has 54 heavy (non-hydrogen) atoms. The van der Waals surface area contributed by atoms with Crippen molar-refractivity contribution in [1.29, 1.82) is 0 Å². The van der Waals surface area contributed by atoms with Gasteiger partial charge in [0.1, 0.15) is 5.82 Å². The summed E-state index contributed by atoms with van der Waals surface area (Å²) in [7, 11) is 0. The SMILES string of the molecule is [Ir+3].[c-]1cc(CCc2cccc(CCc3ccc(-c4[c-]cccc4)nc3)c2)ccc1-c1ccccn1.[c-]1cccc2c3ccccc3n(-c3ccccn3)c12. The number of para-hydroxylation sites is 2. The molecule has 0 N–H and O–H groups in total. The molecule has 0 saturated heterocycles. The van der Waals surface area contributed by atoms with Crippen LogP contribution in [0.5, 0.6) is 0 Å². The molecule has 0 spiro atoms. The van der Waals surface area contributed by atoms with Gasteiger partial charge in [-0.05, 0) is 77.0 Å². The zero-order valence-corrected chi connectivity index (χ0v) is 32.1. The Kier molecular flexibility index (Phi) is 11.9. The van der Waals surface area contributed by atoms with E-state index in [0.29, 0.717) is 0 Å². The molecule has 0 saturated carbocycles. The van der Waals surface area contributed by atoms with Crippen LogP contribution >= 0.6 is 0 Å². The van der Waals surface area contributed by atoms with Gasteiger partial charge in [-0.15, -0.1) is 76.7 Å². The molecule has 0 radical (unpaired) electrons. The van der Waals surface area contributed by atoms with Crippen LogP contribution in [0, 0.1) is 18.2 Å². The predicted octanol–water partition coefficient (Wildman–Crippen LogP) is 11.0. The molecule has 9 rings (SSSR count). The van der Waals surface area contributed by atoms with Gasteiger partial charge in [0.2, 0.25) is 0 Å². The smallest absolute Gasteiger partial charge is 0.319 e. The third kappa shape index (κ3) is 8.61. The van der Waals surface area contributed by atoms with Crippen LogP contribution in [0.15, 0.2) is 176 Å². The number of fused-ring (bicyclic) bond motifs is 3. The monoisotopic (exact) mass is 874 g/mol. The summed E-state index contributed by atoms with van der Waals surface area (Å²) in [5.74, 6) is 0.927. The summed E-state index contributed by atoms with van der Waals surface area (Å²) >= 11 is 0. The first-order valence-corrected chi connectivity index (χ1v) is 18.0. The maximum atomic E-state index is 4.63.